The zero-order valence-corrected chi connectivity index (χ0v) is 28.5. The predicted octanol–water partition coefficient (Wildman–Crippen LogP) is 11.0. The summed E-state index contributed by atoms with van der Waals surface area (Å²) in [5.41, 5.74) is 6.59. The number of hydrogen-bond acceptors (Lipinski definition) is 4. The van der Waals surface area contributed by atoms with E-state index in [9.17, 15) is 0 Å². The van der Waals surface area contributed by atoms with E-state index in [1.165, 1.54) is 5.56 Å². The molecule has 0 saturated heterocycles. The van der Waals surface area contributed by atoms with Gasteiger partial charge in [-0.15, -0.1) is 0 Å². The number of benzene rings is 6. The van der Waals surface area contributed by atoms with Crippen molar-refractivity contribution in [2.75, 3.05) is 0 Å². The normalized spacial score (nSPS) is 10.6. The Labute approximate surface area is 292 Å². The number of halogens is 3. The molecule has 8 heteroatoms. The fourth-order valence-corrected chi connectivity index (χ4v) is 6.63. The zero-order valence-electron chi connectivity index (χ0n) is 23.1. The van der Waals surface area contributed by atoms with Crippen molar-refractivity contribution in [2.45, 2.75) is 7.43 Å². The lowest BCUT2D eigenvalue weighted by Gasteiger charge is -2.03. The maximum atomic E-state index is 8.58. The SMILES string of the molecule is Brc1ccc(-c2ccccc2)c2oc3ccccc3c12.Brc1ccc(I)c2oc3ccccc3c12.C.OB(O)c1ccccc1. The van der Waals surface area contributed by atoms with Crippen LogP contribution in [-0.4, -0.2) is 17.2 Å². The predicted molar refractivity (Wildman–Crippen MR) is 204 cm³/mol. The highest BCUT2D eigenvalue weighted by Crippen LogP contribution is 2.40. The largest absolute Gasteiger partial charge is 0.488 e. The van der Waals surface area contributed by atoms with Crippen LogP contribution >= 0.6 is 54.5 Å². The molecule has 2 N–H and O–H groups in total. The van der Waals surface area contributed by atoms with Gasteiger partial charge in [0.2, 0.25) is 0 Å². The van der Waals surface area contributed by atoms with Crippen LogP contribution in [0.2, 0.25) is 0 Å². The first-order valence-electron chi connectivity index (χ1n) is 13.7. The second kappa shape index (κ2) is 14.8. The summed E-state index contributed by atoms with van der Waals surface area (Å²) in [6.07, 6.45) is 0. The molecule has 0 unspecified atom stereocenters. The molecule has 0 bridgehead atoms. The van der Waals surface area contributed by atoms with Crippen LogP contribution in [0.15, 0.2) is 151 Å². The van der Waals surface area contributed by atoms with E-state index in [0.717, 1.165) is 62.0 Å². The Kier molecular flexibility index (Phi) is 10.8. The monoisotopic (exact) mass is 832 g/mol. The van der Waals surface area contributed by atoms with E-state index in [0.29, 0.717) is 5.46 Å². The summed E-state index contributed by atoms with van der Waals surface area (Å²) >= 11 is 9.51. The Morgan fingerprint density at radius 1 is 0.533 bits per heavy atom. The van der Waals surface area contributed by atoms with Gasteiger partial charge < -0.3 is 18.9 Å². The third-order valence-electron chi connectivity index (χ3n) is 7.08. The third kappa shape index (κ3) is 7.05. The molecule has 0 saturated carbocycles. The third-order valence-corrected chi connectivity index (χ3v) is 9.26. The lowest BCUT2D eigenvalue weighted by Crippen LogP contribution is -2.29. The highest BCUT2D eigenvalue weighted by atomic mass is 127. The molecular formula is C37H28BBr2IO4. The second-order valence-electron chi connectivity index (χ2n) is 9.88. The first-order valence-corrected chi connectivity index (χ1v) is 16.4. The molecule has 2 heterocycles. The highest BCUT2D eigenvalue weighted by Gasteiger charge is 2.15. The number of rotatable bonds is 2. The minimum Gasteiger partial charge on any atom is -0.455 e. The van der Waals surface area contributed by atoms with Crippen molar-refractivity contribution in [1.29, 1.82) is 0 Å². The summed E-state index contributed by atoms with van der Waals surface area (Å²) in [5, 5.41) is 21.8. The minimum absolute atomic E-state index is 0. The molecule has 224 valence electrons. The molecule has 0 spiro atoms. The summed E-state index contributed by atoms with van der Waals surface area (Å²) in [4.78, 5) is 0. The van der Waals surface area contributed by atoms with Crippen molar-refractivity contribution >= 4 is 111 Å². The second-order valence-corrected chi connectivity index (χ2v) is 12.8. The Morgan fingerprint density at radius 2 is 1.00 bits per heavy atom. The van der Waals surface area contributed by atoms with Gasteiger partial charge in [0, 0.05) is 36.1 Å². The molecule has 0 aliphatic heterocycles. The van der Waals surface area contributed by atoms with Crippen molar-refractivity contribution in [3.05, 3.63) is 146 Å². The Balaban J connectivity index is 0.000000142. The van der Waals surface area contributed by atoms with Gasteiger partial charge in [-0.25, -0.2) is 0 Å². The van der Waals surface area contributed by atoms with Crippen LogP contribution < -0.4 is 5.46 Å². The molecule has 45 heavy (non-hydrogen) atoms. The number of para-hydroxylation sites is 2. The van der Waals surface area contributed by atoms with Crippen molar-refractivity contribution in [2.24, 2.45) is 0 Å². The van der Waals surface area contributed by atoms with Crippen LogP contribution in [0.25, 0.3) is 55.0 Å². The molecule has 0 atom stereocenters. The first kappa shape index (κ1) is 33.0. The van der Waals surface area contributed by atoms with Crippen LogP contribution in [-0.2, 0) is 0 Å². The van der Waals surface area contributed by atoms with E-state index in [4.69, 9.17) is 18.9 Å². The molecule has 0 aliphatic carbocycles. The van der Waals surface area contributed by atoms with E-state index in [-0.39, 0.29) is 7.43 Å². The fraction of sp³-hybridized carbons (Fsp3) is 0.0270. The van der Waals surface area contributed by atoms with Crippen molar-refractivity contribution < 1.29 is 18.9 Å². The quantitative estimate of drug-likeness (QED) is 0.134. The van der Waals surface area contributed by atoms with Crippen LogP contribution in [0.3, 0.4) is 0 Å². The van der Waals surface area contributed by atoms with Crippen molar-refractivity contribution in [3.63, 3.8) is 0 Å². The van der Waals surface area contributed by atoms with Crippen molar-refractivity contribution in [1.82, 2.24) is 0 Å². The molecule has 6 aromatic carbocycles. The van der Waals surface area contributed by atoms with Gasteiger partial charge in [-0.3, -0.25) is 0 Å². The standard InChI is InChI=1S/C18H11BrO.C12H6BrIO.C6H7BO2.CH4/c19-15-11-10-13(12-6-2-1-3-7-12)18-17(15)14-8-4-5-9-16(14)20-18;13-8-5-6-9(14)12-11(8)7-3-1-2-4-10(7)15-12;8-7(9)6-4-2-1-3-5-6;/h1-11H;1-6H;1-5,8-9H;1H4. The van der Waals surface area contributed by atoms with Gasteiger partial charge in [-0.05, 0) is 70.0 Å². The van der Waals surface area contributed by atoms with Crippen LogP contribution in [0, 0.1) is 3.57 Å². The Bertz CT molecular complexity index is 2200. The van der Waals surface area contributed by atoms with E-state index in [2.05, 4.69) is 103 Å². The van der Waals surface area contributed by atoms with E-state index in [1.807, 2.05) is 60.7 Å². The molecule has 8 aromatic rings. The smallest absolute Gasteiger partial charge is 0.455 e. The lowest BCUT2D eigenvalue weighted by molar-refractivity contribution is 0.426. The Morgan fingerprint density at radius 3 is 1.56 bits per heavy atom. The summed E-state index contributed by atoms with van der Waals surface area (Å²) < 4.78 is 15.2. The van der Waals surface area contributed by atoms with Crippen LogP contribution in [0.5, 0.6) is 0 Å². The maximum absolute atomic E-state index is 8.58. The average molecular weight is 834 g/mol. The fourth-order valence-electron chi connectivity index (χ4n) is 5.01. The maximum Gasteiger partial charge on any atom is 0.488 e. The number of hydrogen-bond donors (Lipinski definition) is 2. The van der Waals surface area contributed by atoms with E-state index >= 15 is 0 Å². The molecule has 0 amide bonds. The molecule has 0 aliphatic rings. The van der Waals surface area contributed by atoms with Crippen molar-refractivity contribution in [3.8, 4) is 11.1 Å². The minimum atomic E-state index is -1.34. The first-order chi connectivity index (χ1) is 21.4. The summed E-state index contributed by atoms with van der Waals surface area (Å²) in [6, 6.07) is 43.6. The van der Waals surface area contributed by atoms with Crippen LogP contribution in [0.1, 0.15) is 7.43 Å². The van der Waals surface area contributed by atoms with Gasteiger partial charge in [0.1, 0.15) is 22.3 Å². The average Bonchev–Trinajstić information content (AvgIpc) is 3.65. The van der Waals surface area contributed by atoms with Gasteiger partial charge >= 0.3 is 7.12 Å². The molecule has 2 aromatic heterocycles. The topological polar surface area (TPSA) is 66.7 Å². The molecule has 0 fully saturated rings. The van der Waals surface area contributed by atoms with Gasteiger partial charge in [0.25, 0.3) is 0 Å². The van der Waals surface area contributed by atoms with Gasteiger partial charge in [0.05, 0.1) is 3.57 Å². The molecule has 8 rings (SSSR count). The summed E-state index contributed by atoms with van der Waals surface area (Å²) in [7, 11) is -1.34. The highest BCUT2D eigenvalue weighted by molar-refractivity contribution is 14.1. The lowest BCUT2D eigenvalue weighted by atomic mass is 9.81. The van der Waals surface area contributed by atoms with Gasteiger partial charge in [0.15, 0.2) is 0 Å². The summed E-state index contributed by atoms with van der Waals surface area (Å²) in [6.45, 7) is 0. The zero-order chi connectivity index (χ0) is 30.6. The van der Waals surface area contributed by atoms with Crippen LogP contribution in [0.4, 0.5) is 0 Å². The van der Waals surface area contributed by atoms with Gasteiger partial charge in [-0.1, -0.05) is 136 Å². The molecule has 4 nitrogen and oxygen atoms in total. The van der Waals surface area contributed by atoms with Gasteiger partial charge in [-0.2, -0.15) is 0 Å². The summed E-state index contributed by atoms with van der Waals surface area (Å²) in [5.74, 6) is 0. The molecular weight excluding hydrogens is 806 g/mol. The van der Waals surface area contributed by atoms with E-state index < -0.39 is 7.12 Å². The van der Waals surface area contributed by atoms with E-state index in [1.54, 1.807) is 24.3 Å². The number of furan rings is 2. The molecule has 0 radical (unpaired) electrons. The Hall–Kier alpha value is -3.41. The number of fused-ring (bicyclic) bond motifs is 6.